The Morgan fingerprint density at radius 1 is 1.56 bits per heavy atom. The van der Waals surface area contributed by atoms with E-state index in [1.54, 1.807) is 6.92 Å². The smallest absolute Gasteiger partial charge is 0.347 e. The summed E-state index contributed by atoms with van der Waals surface area (Å²) in [5.74, 6) is 1.82. The minimum Gasteiger partial charge on any atom is -0.347 e. The number of carbonyl (C=O) groups excluding carboxylic acids is 1. The summed E-state index contributed by atoms with van der Waals surface area (Å²) in [6.45, 7) is 1.70. The molecule has 3 nitrogen and oxygen atoms in total. The topological polar surface area (TPSA) is 42.0 Å². The number of hydrogen-bond donors (Lipinski definition) is 1. The number of amides is 1. The van der Waals surface area contributed by atoms with Crippen LogP contribution in [0.15, 0.2) is 18.3 Å². The third-order valence-electron chi connectivity index (χ3n) is 2.12. The van der Waals surface area contributed by atoms with Crippen molar-refractivity contribution in [2.75, 3.05) is 0 Å². The molecule has 1 aromatic heterocycles. The summed E-state index contributed by atoms with van der Waals surface area (Å²) in [7, 11) is 0. The average molecular weight is 256 g/mol. The van der Waals surface area contributed by atoms with E-state index in [0.717, 1.165) is 12.1 Å². The van der Waals surface area contributed by atoms with E-state index >= 15 is 0 Å². The third-order valence-corrected chi connectivity index (χ3v) is 2.12. The third kappa shape index (κ3) is 3.77. The van der Waals surface area contributed by atoms with Crippen LogP contribution < -0.4 is 5.32 Å². The van der Waals surface area contributed by atoms with Crippen molar-refractivity contribution in [3.05, 3.63) is 29.6 Å². The first-order chi connectivity index (χ1) is 8.34. The normalized spacial score (nSPS) is 12.6. The second kappa shape index (κ2) is 5.54. The van der Waals surface area contributed by atoms with E-state index in [1.165, 1.54) is 0 Å². The van der Waals surface area contributed by atoms with Crippen LogP contribution >= 0.6 is 0 Å². The number of nitrogens with zero attached hydrogens (tertiary/aromatic N) is 1. The van der Waals surface area contributed by atoms with E-state index in [9.17, 15) is 18.0 Å². The van der Waals surface area contributed by atoms with Gasteiger partial charge >= 0.3 is 6.18 Å². The minimum atomic E-state index is -4.46. The number of terminal acetylenes is 1. The fraction of sp³-hybridized carbons (Fsp3) is 0.333. The van der Waals surface area contributed by atoms with Crippen LogP contribution in [-0.2, 0) is 6.18 Å². The molecule has 0 aliphatic carbocycles. The highest BCUT2D eigenvalue weighted by atomic mass is 19.4. The predicted molar refractivity (Wildman–Crippen MR) is 59.6 cm³/mol. The number of alkyl halides is 3. The number of aromatic nitrogens is 1. The van der Waals surface area contributed by atoms with Crippen molar-refractivity contribution in [1.82, 2.24) is 10.3 Å². The number of rotatable bonds is 3. The van der Waals surface area contributed by atoms with E-state index in [1.807, 2.05) is 0 Å². The molecule has 96 valence electrons. The molecule has 1 atom stereocenters. The van der Waals surface area contributed by atoms with E-state index in [2.05, 4.69) is 16.2 Å². The van der Waals surface area contributed by atoms with Crippen molar-refractivity contribution >= 4 is 5.91 Å². The van der Waals surface area contributed by atoms with Crippen molar-refractivity contribution < 1.29 is 18.0 Å². The molecule has 0 bridgehead atoms. The van der Waals surface area contributed by atoms with Gasteiger partial charge in [0.15, 0.2) is 0 Å². The summed E-state index contributed by atoms with van der Waals surface area (Å²) < 4.78 is 36.8. The van der Waals surface area contributed by atoms with E-state index < -0.39 is 17.6 Å². The standard InChI is InChI=1S/C12H11F3N2O/c1-3-4-8(2)17-11(18)10-6-5-9(7-16-10)12(13,14)15/h1,5-8H,4H2,2H3,(H,17,18). The molecule has 0 aromatic carbocycles. The second-order valence-electron chi connectivity index (χ2n) is 3.71. The largest absolute Gasteiger partial charge is 0.417 e. The van der Waals surface area contributed by atoms with Crippen LogP contribution in [0.25, 0.3) is 0 Å². The van der Waals surface area contributed by atoms with Gasteiger partial charge in [-0.3, -0.25) is 9.78 Å². The number of halogens is 3. The highest BCUT2D eigenvalue weighted by Crippen LogP contribution is 2.28. The zero-order valence-electron chi connectivity index (χ0n) is 9.58. The Morgan fingerprint density at radius 2 is 2.22 bits per heavy atom. The first-order valence-electron chi connectivity index (χ1n) is 5.12. The maximum absolute atomic E-state index is 12.3. The Bertz CT molecular complexity index is 460. The van der Waals surface area contributed by atoms with Crippen LogP contribution in [0.4, 0.5) is 13.2 Å². The van der Waals surface area contributed by atoms with Gasteiger partial charge in [-0.25, -0.2) is 0 Å². The van der Waals surface area contributed by atoms with Gasteiger partial charge in [-0.15, -0.1) is 12.3 Å². The molecular formula is C12H11F3N2O. The molecule has 0 aliphatic heterocycles. The molecule has 1 heterocycles. The van der Waals surface area contributed by atoms with Gasteiger partial charge in [-0.2, -0.15) is 13.2 Å². The van der Waals surface area contributed by atoms with Crippen molar-refractivity contribution in [3.63, 3.8) is 0 Å². The van der Waals surface area contributed by atoms with Crippen LogP contribution in [0.5, 0.6) is 0 Å². The lowest BCUT2D eigenvalue weighted by molar-refractivity contribution is -0.137. The molecule has 0 saturated carbocycles. The van der Waals surface area contributed by atoms with Gasteiger partial charge in [0, 0.05) is 18.7 Å². The number of carbonyl (C=O) groups is 1. The van der Waals surface area contributed by atoms with Crippen molar-refractivity contribution in [3.8, 4) is 12.3 Å². The van der Waals surface area contributed by atoms with Crippen molar-refractivity contribution in [1.29, 1.82) is 0 Å². The summed E-state index contributed by atoms with van der Waals surface area (Å²) in [5, 5.41) is 2.53. The molecular weight excluding hydrogens is 245 g/mol. The maximum atomic E-state index is 12.3. The minimum absolute atomic E-state index is 0.0770. The van der Waals surface area contributed by atoms with Gasteiger partial charge in [0.2, 0.25) is 0 Å². The van der Waals surface area contributed by atoms with Crippen LogP contribution in [-0.4, -0.2) is 16.9 Å². The molecule has 18 heavy (non-hydrogen) atoms. The second-order valence-corrected chi connectivity index (χ2v) is 3.71. The zero-order valence-corrected chi connectivity index (χ0v) is 9.58. The molecule has 1 amide bonds. The highest BCUT2D eigenvalue weighted by molar-refractivity contribution is 5.92. The summed E-state index contributed by atoms with van der Waals surface area (Å²) >= 11 is 0. The van der Waals surface area contributed by atoms with Crippen LogP contribution in [0.3, 0.4) is 0 Å². The summed E-state index contributed by atoms with van der Waals surface area (Å²) in [6, 6.07) is 1.58. The zero-order chi connectivity index (χ0) is 13.8. The Balaban J connectivity index is 2.74. The SMILES string of the molecule is C#CCC(C)NC(=O)c1ccc(C(F)(F)F)cn1. The molecule has 0 fully saturated rings. The summed E-state index contributed by atoms with van der Waals surface area (Å²) in [5.41, 5.74) is -0.970. The Morgan fingerprint density at radius 3 is 2.67 bits per heavy atom. The summed E-state index contributed by atoms with van der Waals surface area (Å²) in [4.78, 5) is 15.0. The molecule has 0 radical (unpaired) electrons. The Kier molecular flexibility index (Phi) is 4.32. The molecule has 0 spiro atoms. The van der Waals surface area contributed by atoms with E-state index in [0.29, 0.717) is 12.6 Å². The van der Waals surface area contributed by atoms with E-state index in [-0.39, 0.29) is 11.7 Å². The van der Waals surface area contributed by atoms with Crippen LogP contribution in [0.1, 0.15) is 29.4 Å². The average Bonchev–Trinajstić information content (AvgIpc) is 2.28. The summed E-state index contributed by atoms with van der Waals surface area (Å²) in [6.07, 6.45) is 1.58. The van der Waals surface area contributed by atoms with Gasteiger partial charge in [0.05, 0.1) is 5.56 Å². The van der Waals surface area contributed by atoms with Gasteiger partial charge < -0.3 is 5.32 Å². The quantitative estimate of drug-likeness (QED) is 0.843. The van der Waals surface area contributed by atoms with Crippen molar-refractivity contribution in [2.45, 2.75) is 25.6 Å². The van der Waals surface area contributed by atoms with Gasteiger partial charge in [-0.05, 0) is 19.1 Å². The fourth-order valence-corrected chi connectivity index (χ4v) is 1.22. The maximum Gasteiger partial charge on any atom is 0.417 e. The fourth-order valence-electron chi connectivity index (χ4n) is 1.22. The Hall–Kier alpha value is -2.03. The van der Waals surface area contributed by atoms with Crippen LogP contribution in [0.2, 0.25) is 0 Å². The highest BCUT2D eigenvalue weighted by Gasteiger charge is 2.30. The molecule has 0 aliphatic rings. The lowest BCUT2D eigenvalue weighted by Gasteiger charge is -2.11. The lowest BCUT2D eigenvalue weighted by Crippen LogP contribution is -2.32. The number of nitrogens with one attached hydrogen (secondary N) is 1. The number of hydrogen-bond acceptors (Lipinski definition) is 2. The molecule has 1 unspecified atom stereocenters. The van der Waals surface area contributed by atoms with Crippen LogP contribution in [0, 0.1) is 12.3 Å². The Labute approximate surface area is 102 Å². The first-order valence-corrected chi connectivity index (χ1v) is 5.12. The lowest BCUT2D eigenvalue weighted by atomic mass is 10.2. The van der Waals surface area contributed by atoms with Gasteiger partial charge in [0.25, 0.3) is 5.91 Å². The number of pyridine rings is 1. The predicted octanol–water partition coefficient (Wildman–Crippen LogP) is 2.24. The molecule has 0 saturated heterocycles. The molecule has 1 N–H and O–H groups in total. The van der Waals surface area contributed by atoms with Gasteiger partial charge in [0.1, 0.15) is 5.69 Å². The molecule has 6 heteroatoms. The monoisotopic (exact) mass is 256 g/mol. The first kappa shape index (κ1) is 14.0. The molecule has 1 rings (SSSR count). The van der Waals surface area contributed by atoms with Crippen molar-refractivity contribution in [2.24, 2.45) is 0 Å². The molecule has 1 aromatic rings. The van der Waals surface area contributed by atoms with E-state index in [4.69, 9.17) is 6.42 Å². The van der Waals surface area contributed by atoms with Gasteiger partial charge in [-0.1, -0.05) is 0 Å².